The van der Waals surface area contributed by atoms with Crippen LogP contribution in [0.3, 0.4) is 0 Å². The summed E-state index contributed by atoms with van der Waals surface area (Å²) in [5.41, 5.74) is -0.0996. The third-order valence-electron chi connectivity index (χ3n) is 3.01. The van der Waals surface area contributed by atoms with Gasteiger partial charge in [0.25, 0.3) is 5.91 Å². The Labute approximate surface area is 99.5 Å². The molecule has 17 heavy (non-hydrogen) atoms. The van der Waals surface area contributed by atoms with Crippen LogP contribution in [0.1, 0.15) is 23.7 Å². The first-order chi connectivity index (χ1) is 8.00. The van der Waals surface area contributed by atoms with Gasteiger partial charge in [-0.3, -0.25) is 4.79 Å². The number of phenols is 2. The Kier molecular flexibility index (Phi) is 2.93. The van der Waals surface area contributed by atoms with Crippen molar-refractivity contribution in [3.8, 4) is 11.5 Å². The molecule has 0 aliphatic carbocycles. The molecule has 1 unspecified atom stereocenters. The number of hydrogen-bond acceptors (Lipinski definition) is 4. The van der Waals surface area contributed by atoms with Gasteiger partial charge >= 0.3 is 0 Å². The van der Waals surface area contributed by atoms with E-state index in [0.29, 0.717) is 0 Å². The Bertz CT molecular complexity index is 439. The number of nitrogens with one attached hydrogen (secondary N) is 2. The van der Waals surface area contributed by atoms with Crippen LogP contribution in [0.5, 0.6) is 11.5 Å². The van der Waals surface area contributed by atoms with E-state index in [1.54, 1.807) is 0 Å². The van der Waals surface area contributed by atoms with Gasteiger partial charge in [-0.15, -0.1) is 0 Å². The monoisotopic (exact) mass is 236 g/mol. The molecular formula is C12H16N2O3. The fourth-order valence-corrected chi connectivity index (χ4v) is 1.98. The molecule has 0 aromatic heterocycles. The molecule has 5 nitrogen and oxygen atoms in total. The maximum atomic E-state index is 12.0. The van der Waals surface area contributed by atoms with Gasteiger partial charge in [0.05, 0.1) is 11.1 Å². The molecule has 1 saturated heterocycles. The average Bonchev–Trinajstić information content (AvgIpc) is 2.64. The lowest BCUT2D eigenvalue weighted by Crippen LogP contribution is -2.47. The van der Waals surface area contributed by atoms with Gasteiger partial charge in [0, 0.05) is 12.6 Å². The predicted octanol–water partition coefficient (Wildman–Crippen LogP) is 0.580. The number of carbonyl (C=O) groups excluding carboxylic acids is 1. The third-order valence-corrected chi connectivity index (χ3v) is 3.01. The van der Waals surface area contributed by atoms with E-state index in [4.69, 9.17) is 5.11 Å². The Morgan fingerprint density at radius 3 is 2.82 bits per heavy atom. The summed E-state index contributed by atoms with van der Waals surface area (Å²) in [6, 6.07) is 3.94. The second-order valence-electron chi connectivity index (χ2n) is 4.64. The van der Waals surface area contributed by atoms with Crippen molar-refractivity contribution < 1.29 is 15.0 Å². The zero-order chi connectivity index (χ0) is 12.5. The Morgan fingerprint density at radius 1 is 1.47 bits per heavy atom. The van der Waals surface area contributed by atoms with Gasteiger partial charge in [-0.2, -0.15) is 0 Å². The number of phenolic OH excluding ortho intramolecular Hbond substituents is 2. The van der Waals surface area contributed by atoms with Crippen LogP contribution in [0.15, 0.2) is 18.2 Å². The summed E-state index contributed by atoms with van der Waals surface area (Å²) in [6.45, 7) is 3.55. The molecule has 1 fully saturated rings. The van der Waals surface area contributed by atoms with Gasteiger partial charge in [-0.25, -0.2) is 0 Å². The van der Waals surface area contributed by atoms with Crippen LogP contribution in [0.25, 0.3) is 0 Å². The van der Waals surface area contributed by atoms with E-state index in [1.807, 2.05) is 6.92 Å². The summed E-state index contributed by atoms with van der Waals surface area (Å²) in [6.07, 6.45) is 0.859. The minimum Gasteiger partial charge on any atom is -0.508 e. The third kappa shape index (κ3) is 2.50. The van der Waals surface area contributed by atoms with E-state index < -0.39 is 0 Å². The molecule has 1 aliphatic rings. The van der Waals surface area contributed by atoms with Crippen molar-refractivity contribution in [3.63, 3.8) is 0 Å². The van der Waals surface area contributed by atoms with Crippen LogP contribution >= 0.6 is 0 Å². The minimum absolute atomic E-state index is 0.0622. The lowest BCUT2D eigenvalue weighted by molar-refractivity contribution is 0.0910. The van der Waals surface area contributed by atoms with Crippen molar-refractivity contribution in [1.29, 1.82) is 0 Å². The zero-order valence-corrected chi connectivity index (χ0v) is 9.66. The number of carbonyl (C=O) groups is 1. The van der Waals surface area contributed by atoms with Gasteiger partial charge in [0.2, 0.25) is 0 Å². The molecule has 1 aromatic rings. The molecular weight excluding hydrogens is 220 g/mol. The Morgan fingerprint density at radius 2 is 2.24 bits per heavy atom. The first-order valence-corrected chi connectivity index (χ1v) is 5.55. The second-order valence-corrected chi connectivity index (χ2v) is 4.64. The van der Waals surface area contributed by atoms with Crippen LogP contribution in [-0.2, 0) is 0 Å². The predicted molar refractivity (Wildman–Crippen MR) is 63.1 cm³/mol. The second kappa shape index (κ2) is 4.25. The van der Waals surface area contributed by atoms with E-state index in [-0.39, 0.29) is 28.5 Å². The molecule has 5 heteroatoms. The molecule has 1 amide bonds. The highest BCUT2D eigenvalue weighted by atomic mass is 16.3. The zero-order valence-electron chi connectivity index (χ0n) is 9.66. The van der Waals surface area contributed by atoms with Crippen LogP contribution in [0.4, 0.5) is 0 Å². The average molecular weight is 236 g/mol. The summed E-state index contributed by atoms with van der Waals surface area (Å²) in [5, 5.41) is 24.8. The molecule has 0 radical (unpaired) electrons. The van der Waals surface area contributed by atoms with Gasteiger partial charge in [0.1, 0.15) is 11.5 Å². The van der Waals surface area contributed by atoms with Crippen molar-refractivity contribution in [2.24, 2.45) is 0 Å². The lowest BCUT2D eigenvalue weighted by atomic mass is 10.0. The fraction of sp³-hybridized carbons (Fsp3) is 0.417. The van der Waals surface area contributed by atoms with Gasteiger partial charge < -0.3 is 20.8 Å². The van der Waals surface area contributed by atoms with Crippen molar-refractivity contribution in [3.05, 3.63) is 23.8 Å². The van der Waals surface area contributed by atoms with Crippen molar-refractivity contribution in [2.45, 2.75) is 18.9 Å². The largest absolute Gasteiger partial charge is 0.508 e. The number of benzene rings is 1. The van der Waals surface area contributed by atoms with E-state index >= 15 is 0 Å². The van der Waals surface area contributed by atoms with Gasteiger partial charge in [-0.05, 0) is 32.0 Å². The maximum absolute atomic E-state index is 12.0. The number of hydrogen-bond donors (Lipinski definition) is 4. The van der Waals surface area contributed by atoms with E-state index in [2.05, 4.69) is 10.6 Å². The van der Waals surface area contributed by atoms with Gasteiger partial charge in [0.15, 0.2) is 0 Å². The number of amides is 1. The Hall–Kier alpha value is -1.75. The van der Waals surface area contributed by atoms with E-state index in [0.717, 1.165) is 25.6 Å². The molecule has 1 aliphatic heterocycles. The van der Waals surface area contributed by atoms with Crippen molar-refractivity contribution >= 4 is 5.91 Å². The minimum atomic E-state index is -0.325. The molecule has 0 saturated carbocycles. The Balaban J connectivity index is 2.14. The van der Waals surface area contributed by atoms with Crippen molar-refractivity contribution in [1.82, 2.24) is 10.6 Å². The lowest BCUT2D eigenvalue weighted by Gasteiger charge is -2.24. The smallest absolute Gasteiger partial charge is 0.255 e. The SMILES string of the molecule is CC1(NC(=O)c2ccc(O)cc2O)CCNC1. The van der Waals surface area contributed by atoms with E-state index in [1.165, 1.54) is 12.1 Å². The molecule has 4 N–H and O–H groups in total. The molecule has 1 heterocycles. The highest BCUT2D eigenvalue weighted by Crippen LogP contribution is 2.23. The van der Waals surface area contributed by atoms with Crippen LogP contribution < -0.4 is 10.6 Å². The summed E-state index contributed by atoms with van der Waals surface area (Å²) < 4.78 is 0. The van der Waals surface area contributed by atoms with Crippen LogP contribution in [-0.4, -0.2) is 34.7 Å². The molecule has 0 bridgehead atoms. The molecule has 1 aromatic carbocycles. The summed E-state index contributed by atoms with van der Waals surface area (Å²) in [5.74, 6) is -0.599. The highest BCUT2D eigenvalue weighted by Gasteiger charge is 2.30. The van der Waals surface area contributed by atoms with Gasteiger partial charge in [-0.1, -0.05) is 0 Å². The fourth-order valence-electron chi connectivity index (χ4n) is 1.98. The quantitative estimate of drug-likeness (QED) is 0.605. The summed E-state index contributed by atoms with van der Waals surface area (Å²) in [4.78, 5) is 12.0. The first-order valence-electron chi connectivity index (χ1n) is 5.55. The first kappa shape index (κ1) is 11.7. The molecule has 2 rings (SSSR count). The molecule has 0 spiro atoms. The molecule has 92 valence electrons. The van der Waals surface area contributed by atoms with Crippen LogP contribution in [0, 0.1) is 0 Å². The molecule has 1 atom stereocenters. The van der Waals surface area contributed by atoms with Crippen molar-refractivity contribution in [2.75, 3.05) is 13.1 Å². The summed E-state index contributed by atoms with van der Waals surface area (Å²) >= 11 is 0. The maximum Gasteiger partial charge on any atom is 0.255 e. The number of aromatic hydroxyl groups is 2. The standard InChI is InChI=1S/C12H16N2O3/c1-12(4-5-13-7-12)14-11(17)9-3-2-8(15)6-10(9)16/h2-3,6,13,15-16H,4-5,7H2,1H3,(H,14,17). The summed E-state index contributed by atoms with van der Waals surface area (Å²) in [7, 11) is 0. The van der Waals surface area contributed by atoms with E-state index in [9.17, 15) is 9.90 Å². The topological polar surface area (TPSA) is 81.6 Å². The normalized spacial score (nSPS) is 23.6. The van der Waals surface area contributed by atoms with Crippen LogP contribution in [0.2, 0.25) is 0 Å². The highest BCUT2D eigenvalue weighted by molar-refractivity contribution is 5.97. The number of rotatable bonds is 2.